The van der Waals surface area contributed by atoms with Crippen molar-refractivity contribution in [2.45, 2.75) is 11.1 Å². The van der Waals surface area contributed by atoms with Gasteiger partial charge in [0.2, 0.25) is 0 Å². The molecular formula is C15H8BrClF3N3O3S. The van der Waals surface area contributed by atoms with Crippen LogP contribution >= 0.6 is 27.5 Å². The second-order valence-electron chi connectivity index (χ2n) is 5.27. The molecule has 6 nitrogen and oxygen atoms in total. The summed E-state index contributed by atoms with van der Waals surface area (Å²) in [5, 5.41) is -0.351. The molecule has 0 unspecified atom stereocenters. The van der Waals surface area contributed by atoms with Crippen LogP contribution in [-0.2, 0) is 16.2 Å². The van der Waals surface area contributed by atoms with Crippen molar-refractivity contribution < 1.29 is 26.4 Å². The number of amides is 1. The summed E-state index contributed by atoms with van der Waals surface area (Å²) in [6.45, 7) is 0. The summed E-state index contributed by atoms with van der Waals surface area (Å²) in [7, 11) is -4.19. The summed E-state index contributed by atoms with van der Waals surface area (Å²) in [5.41, 5.74) is -1.63. The highest BCUT2D eigenvalue weighted by Gasteiger charge is 2.33. The van der Waals surface area contributed by atoms with Crippen molar-refractivity contribution in [3.63, 3.8) is 0 Å². The molecule has 0 saturated carbocycles. The maximum atomic E-state index is 12.9. The van der Waals surface area contributed by atoms with E-state index in [-0.39, 0.29) is 20.2 Å². The number of imidazole rings is 1. The van der Waals surface area contributed by atoms with E-state index in [0.717, 1.165) is 4.40 Å². The van der Waals surface area contributed by atoms with E-state index in [1.54, 1.807) is 6.07 Å². The second kappa shape index (κ2) is 6.80. The fourth-order valence-corrected chi connectivity index (χ4v) is 3.97. The standard InChI is InChI=1S/C15H8BrClF3N3O3S/c16-12-11(14(24)22-27(25,26)9-4-2-1-3-5-9)21-13-10(17)6-8(7-23(12)13)15(18,19)20/h1-7H,(H,22,24). The number of carbonyl (C=O) groups is 1. The zero-order valence-corrected chi connectivity index (χ0v) is 16.1. The van der Waals surface area contributed by atoms with Gasteiger partial charge in [0.05, 0.1) is 15.5 Å². The lowest BCUT2D eigenvalue weighted by Crippen LogP contribution is -2.31. The molecule has 2 aromatic heterocycles. The molecule has 3 rings (SSSR count). The first kappa shape index (κ1) is 19.6. The number of aromatic nitrogens is 2. The highest BCUT2D eigenvalue weighted by Crippen LogP contribution is 2.34. The number of nitrogens with one attached hydrogen (secondary N) is 1. The smallest absolute Gasteiger partial charge is 0.292 e. The molecule has 0 aliphatic carbocycles. The molecule has 142 valence electrons. The van der Waals surface area contributed by atoms with Gasteiger partial charge in [-0.15, -0.1) is 0 Å². The molecule has 12 heteroatoms. The van der Waals surface area contributed by atoms with Gasteiger partial charge in [-0.3, -0.25) is 9.20 Å². The van der Waals surface area contributed by atoms with Crippen molar-refractivity contribution in [2.75, 3.05) is 0 Å². The molecule has 0 aliphatic heterocycles. The molecule has 0 radical (unpaired) electrons. The van der Waals surface area contributed by atoms with E-state index in [2.05, 4.69) is 20.9 Å². The van der Waals surface area contributed by atoms with E-state index in [4.69, 9.17) is 11.6 Å². The quantitative estimate of drug-likeness (QED) is 0.614. The molecule has 0 fully saturated rings. The Morgan fingerprint density at radius 1 is 1.22 bits per heavy atom. The van der Waals surface area contributed by atoms with E-state index in [0.29, 0.717) is 12.3 Å². The first-order valence-electron chi connectivity index (χ1n) is 7.07. The molecule has 0 spiro atoms. The first-order valence-corrected chi connectivity index (χ1v) is 9.72. The highest BCUT2D eigenvalue weighted by atomic mass is 79.9. The lowest BCUT2D eigenvalue weighted by atomic mass is 10.3. The number of hydrogen-bond donors (Lipinski definition) is 1. The van der Waals surface area contributed by atoms with Gasteiger partial charge in [0, 0.05) is 6.20 Å². The van der Waals surface area contributed by atoms with Crippen LogP contribution in [-0.4, -0.2) is 23.7 Å². The van der Waals surface area contributed by atoms with Crippen molar-refractivity contribution >= 4 is 49.1 Å². The summed E-state index contributed by atoms with van der Waals surface area (Å²) in [6.07, 6.45) is -3.97. The lowest BCUT2D eigenvalue weighted by Gasteiger charge is -2.08. The largest absolute Gasteiger partial charge is 0.417 e. The zero-order chi connectivity index (χ0) is 20.0. The Bertz CT molecular complexity index is 1150. The van der Waals surface area contributed by atoms with Crippen molar-refractivity contribution in [1.29, 1.82) is 0 Å². The van der Waals surface area contributed by atoms with Gasteiger partial charge in [0.1, 0.15) is 4.60 Å². The first-order chi connectivity index (χ1) is 12.5. The molecule has 0 atom stereocenters. The molecule has 0 saturated heterocycles. The fraction of sp³-hybridized carbons (Fsp3) is 0.0667. The molecule has 1 aromatic carbocycles. The number of halogens is 5. The third-order valence-corrected chi connectivity index (χ3v) is 5.82. The van der Waals surface area contributed by atoms with Gasteiger partial charge in [-0.1, -0.05) is 29.8 Å². The monoisotopic (exact) mass is 481 g/mol. The second-order valence-corrected chi connectivity index (χ2v) is 8.11. The SMILES string of the molecule is O=C(NS(=O)(=O)c1ccccc1)c1nc2c(Cl)cc(C(F)(F)F)cn2c1Br. The molecular weight excluding hydrogens is 475 g/mol. The molecule has 1 amide bonds. The van der Waals surface area contributed by atoms with Gasteiger partial charge < -0.3 is 0 Å². The van der Waals surface area contributed by atoms with Crippen molar-refractivity contribution in [2.24, 2.45) is 0 Å². The minimum atomic E-state index is -4.67. The van der Waals surface area contributed by atoms with E-state index < -0.39 is 33.4 Å². The maximum Gasteiger partial charge on any atom is 0.417 e. The van der Waals surface area contributed by atoms with Gasteiger partial charge in [-0.25, -0.2) is 18.1 Å². The summed E-state index contributed by atoms with van der Waals surface area (Å²) >= 11 is 8.80. The number of carbonyl (C=O) groups excluding carboxylic acids is 1. The average molecular weight is 483 g/mol. The summed E-state index contributed by atoms with van der Waals surface area (Å²) in [4.78, 5) is 16.1. The Morgan fingerprint density at radius 2 is 1.85 bits per heavy atom. The summed E-state index contributed by atoms with van der Waals surface area (Å²) in [6, 6.07) is 7.76. The number of sulfonamides is 1. The number of fused-ring (bicyclic) bond motifs is 1. The van der Waals surface area contributed by atoms with Gasteiger partial charge in [0.25, 0.3) is 15.9 Å². The average Bonchev–Trinajstić information content (AvgIpc) is 2.92. The Kier molecular flexibility index (Phi) is 4.95. The van der Waals surface area contributed by atoms with E-state index in [9.17, 15) is 26.4 Å². The number of rotatable bonds is 3. The Labute approximate surface area is 164 Å². The third-order valence-electron chi connectivity index (χ3n) is 3.44. The van der Waals surface area contributed by atoms with Gasteiger partial charge in [0.15, 0.2) is 11.3 Å². The zero-order valence-electron chi connectivity index (χ0n) is 13.0. The van der Waals surface area contributed by atoms with Gasteiger partial charge in [-0.2, -0.15) is 13.2 Å². The van der Waals surface area contributed by atoms with Crippen molar-refractivity contribution in [3.05, 3.63) is 63.5 Å². The number of hydrogen-bond acceptors (Lipinski definition) is 4. The minimum absolute atomic E-state index is 0.140. The Hall–Kier alpha value is -2.11. The van der Waals surface area contributed by atoms with E-state index in [1.165, 1.54) is 24.3 Å². The fourth-order valence-electron chi connectivity index (χ4n) is 2.21. The topological polar surface area (TPSA) is 80.5 Å². The van der Waals surface area contributed by atoms with Crippen LogP contribution in [0.2, 0.25) is 5.02 Å². The van der Waals surface area contributed by atoms with Crippen LogP contribution in [0.5, 0.6) is 0 Å². The van der Waals surface area contributed by atoms with Crippen LogP contribution in [0.1, 0.15) is 16.1 Å². The molecule has 27 heavy (non-hydrogen) atoms. The highest BCUT2D eigenvalue weighted by molar-refractivity contribution is 9.10. The molecule has 1 N–H and O–H groups in total. The Morgan fingerprint density at radius 3 is 2.44 bits per heavy atom. The maximum absolute atomic E-state index is 12.9. The van der Waals surface area contributed by atoms with Gasteiger partial charge in [-0.05, 0) is 34.1 Å². The molecule has 0 bridgehead atoms. The lowest BCUT2D eigenvalue weighted by molar-refractivity contribution is -0.137. The normalized spacial score (nSPS) is 12.3. The molecule has 0 aliphatic rings. The summed E-state index contributed by atoms with van der Waals surface area (Å²) in [5.74, 6) is -1.13. The van der Waals surface area contributed by atoms with Crippen LogP contribution in [0, 0.1) is 0 Å². The van der Waals surface area contributed by atoms with Crippen LogP contribution < -0.4 is 4.72 Å². The molecule has 3 aromatic rings. The van der Waals surface area contributed by atoms with E-state index >= 15 is 0 Å². The molecule has 2 heterocycles. The van der Waals surface area contributed by atoms with Crippen LogP contribution in [0.3, 0.4) is 0 Å². The van der Waals surface area contributed by atoms with E-state index in [1.807, 2.05) is 4.72 Å². The number of benzene rings is 1. The number of pyridine rings is 1. The predicted molar refractivity (Wildman–Crippen MR) is 94.0 cm³/mol. The van der Waals surface area contributed by atoms with Gasteiger partial charge >= 0.3 is 6.18 Å². The number of alkyl halides is 3. The van der Waals surface area contributed by atoms with Crippen LogP contribution in [0.25, 0.3) is 5.65 Å². The Balaban J connectivity index is 2.03. The third kappa shape index (κ3) is 3.80. The van der Waals surface area contributed by atoms with Crippen molar-refractivity contribution in [3.8, 4) is 0 Å². The van der Waals surface area contributed by atoms with Crippen molar-refractivity contribution in [1.82, 2.24) is 14.1 Å². The minimum Gasteiger partial charge on any atom is -0.292 e. The number of nitrogens with zero attached hydrogens (tertiary/aromatic N) is 2. The predicted octanol–water partition coefficient (Wildman–Crippen LogP) is 3.89. The van der Waals surface area contributed by atoms with Crippen LogP contribution in [0.4, 0.5) is 13.2 Å². The van der Waals surface area contributed by atoms with Crippen LogP contribution in [0.15, 0.2) is 52.1 Å². The summed E-state index contributed by atoms with van der Waals surface area (Å²) < 4.78 is 65.8.